The molecule has 1 N–H and O–H groups in total. The highest BCUT2D eigenvalue weighted by Crippen LogP contribution is 2.17. The maximum atomic E-state index is 12.3. The molecule has 0 aliphatic carbocycles. The molecule has 2 amide bonds. The van der Waals surface area contributed by atoms with Crippen LogP contribution in [0.4, 0.5) is 5.69 Å². The van der Waals surface area contributed by atoms with Crippen LogP contribution in [0.1, 0.15) is 29.8 Å². The standard InChI is InChI=1S/C23H23N3O2/c1-3-26(4-2)23(28)19-10-13-20(14-11-19)25-21(27)15-12-18-8-5-7-17-9-6-16-24-22(17)18/h5-16H,3-4H2,1-2H3,(H,25,27)/b15-12+. The third-order valence-corrected chi connectivity index (χ3v) is 4.53. The Balaban J connectivity index is 1.68. The monoisotopic (exact) mass is 373 g/mol. The molecule has 0 atom stereocenters. The summed E-state index contributed by atoms with van der Waals surface area (Å²) in [6, 6.07) is 16.7. The van der Waals surface area contributed by atoms with Crippen LogP contribution in [-0.4, -0.2) is 34.8 Å². The van der Waals surface area contributed by atoms with Gasteiger partial charge in [0.15, 0.2) is 0 Å². The Morgan fingerprint density at radius 3 is 2.43 bits per heavy atom. The van der Waals surface area contributed by atoms with Gasteiger partial charge in [0.25, 0.3) is 5.91 Å². The lowest BCUT2D eigenvalue weighted by molar-refractivity contribution is -0.111. The van der Waals surface area contributed by atoms with Gasteiger partial charge in [-0.1, -0.05) is 24.3 Å². The average molecular weight is 373 g/mol. The number of carbonyl (C=O) groups is 2. The number of nitrogens with one attached hydrogen (secondary N) is 1. The lowest BCUT2D eigenvalue weighted by Gasteiger charge is -2.18. The Hall–Kier alpha value is -3.47. The number of anilines is 1. The largest absolute Gasteiger partial charge is 0.339 e. The molecule has 0 saturated carbocycles. The van der Waals surface area contributed by atoms with E-state index >= 15 is 0 Å². The second-order valence-electron chi connectivity index (χ2n) is 6.30. The number of fused-ring (bicyclic) bond motifs is 1. The molecule has 2 aromatic carbocycles. The van der Waals surface area contributed by atoms with Gasteiger partial charge in [-0.05, 0) is 50.3 Å². The number of nitrogens with zero attached hydrogens (tertiary/aromatic N) is 2. The normalized spacial score (nSPS) is 10.9. The Morgan fingerprint density at radius 1 is 1.00 bits per heavy atom. The molecule has 28 heavy (non-hydrogen) atoms. The van der Waals surface area contributed by atoms with Gasteiger partial charge < -0.3 is 10.2 Å². The maximum Gasteiger partial charge on any atom is 0.253 e. The van der Waals surface area contributed by atoms with Crippen LogP contribution in [0.15, 0.2) is 66.9 Å². The van der Waals surface area contributed by atoms with E-state index in [0.717, 1.165) is 16.5 Å². The van der Waals surface area contributed by atoms with E-state index in [1.807, 2.05) is 44.2 Å². The number of aromatic nitrogens is 1. The van der Waals surface area contributed by atoms with E-state index in [2.05, 4.69) is 10.3 Å². The molecule has 0 radical (unpaired) electrons. The predicted molar refractivity (Wildman–Crippen MR) is 113 cm³/mol. The van der Waals surface area contributed by atoms with Crippen LogP contribution >= 0.6 is 0 Å². The van der Waals surface area contributed by atoms with E-state index in [0.29, 0.717) is 24.3 Å². The molecule has 0 aliphatic rings. The number of rotatable bonds is 6. The van der Waals surface area contributed by atoms with Crippen molar-refractivity contribution in [1.82, 2.24) is 9.88 Å². The van der Waals surface area contributed by atoms with Crippen molar-refractivity contribution in [2.45, 2.75) is 13.8 Å². The summed E-state index contributed by atoms with van der Waals surface area (Å²) in [4.78, 5) is 30.7. The number of amides is 2. The fourth-order valence-corrected chi connectivity index (χ4v) is 3.00. The molecule has 1 heterocycles. The number of para-hydroxylation sites is 1. The SMILES string of the molecule is CCN(CC)C(=O)c1ccc(NC(=O)/C=C/c2cccc3cccnc23)cc1. The Bertz CT molecular complexity index is 1000. The van der Waals surface area contributed by atoms with Crippen molar-refractivity contribution in [3.8, 4) is 0 Å². The van der Waals surface area contributed by atoms with Gasteiger partial charge in [-0.2, -0.15) is 0 Å². The summed E-state index contributed by atoms with van der Waals surface area (Å²) in [5.74, 6) is -0.248. The Kier molecular flexibility index (Phi) is 6.17. The van der Waals surface area contributed by atoms with Crippen molar-refractivity contribution in [3.05, 3.63) is 78.0 Å². The van der Waals surface area contributed by atoms with Crippen molar-refractivity contribution in [2.75, 3.05) is 18.4 Å². The van der Waals surface area contributed by atoms with E-state index in [-0.39, 0.29) is 11.8 Å². The van der Waals surface area contributed by atoms with Crippen molar-refractivity contribution in [1.29, 1.82) is 0 Å². The second-order valence-corrected chi connectivity index (χ2v) is 6.30. The first kappa shape index (κ1) is 19.3. The van der Waals surface area contributed by atoms with Crippen molar-refractivity contribution >= 4 is 34.5 Å². The van der Waals surface area contributed by atoms with Gasteiger partial charge in [0.1, 0.15) is 0 Å². The number of benzene rings is 2. The zero-order valence-electron chi connectivity index (χ0n) is 16.1. The van der Waals surface area contributed by atoms with E-state index in [1.165, 1.54) is 6.08 Å². The molecule has 3 rings (SSSR count). The summed E-state index contributed by atoms with van der Waals surface area (Å²) < 4.78 is 0. The lowest BCUT2D eigenvalue weighted by atomic mass is 10.1. The smallest absolute Gasteiger partial charge is 0.253 e. The fourth-order valence-electron chi connectivity index (χ4n) is 3.00. The number of carbonyl (C=O) groups excluding carboxylic acids is 2. The third kappa shape index (κ3) is 4.43. The molecular weight excluding hydrogens is 350 g/mol. The van der Waals surface area contributed by atoms with E-state index in [1.54, 1.807) is 41.4 Å². The van der Waals surface area contributed by atoms with E-state index < -0.39 is 0 Å². The van der Waals surface area contributed by atoms with Crippen molar-refractivity contribution < 1.29 is 9.59 Å². The van der Waals surface area contributed by atoms with Gasteiger partial charge >= 0.3 is 0 Å². The van der Waals surface area contributed by atoms with Crippen molar-refractivity contribution in [2.24, 2.45) is 0 Å². The van der Waals surface area contributed by atoms with Gasteiger partial charge in [-0.3, -0.25) is 14.6 Å². The molecule has 1 aromatic heterocycles. The molecule has 3 aromatic rings. The summed E-state index contributed by atoms with van der Waals surface area (Å²) in [6.45, 7) is 5.24. The molecule has 5 nitrogen and oxygen atoms in total. The van der Waals surface area contributed by atoms with E-state index in [9.17, 15) is 9.59 Å². The second kappa shape index (κ2) is 8.95. The predicted octanol–water partition coefficient (Wildman–Crippen LogP) is 4.37. The molecular formula is C23H23N3O2. The molecule has 0 bridgehead atoms. The summed E-state index contributed by atoms with van der Waals surface area (Å²) in [6.07, 6.45) is 4.97. The van der Waals surface area contributed by atoms with Crippen LogP contribution in [0.25, 0.3) is 17.0 Å². The highest BCUT2D eigenvalue weighted by molar-refractivity contribution is 6.03. The molecule has 142 valence electrons. The first-order chi connectivity index (χ1) is 13.6. The van der Waals surface area contributed by atoms with Gasteiger partial charge in [-0.25, -0.2) is 0 Å². The molecule has 0 saturated heterocycles. The summed E-state index contributed by atoms with van der Waals surface area (Å²) >= 11 is 0. The van der Waals surface area contributed by atoms with Crippen LogP contribution < -0.4 is 5.32 Å². The van der Waals surface area contributed by atoms with E-state index in [4.69, 9.17) is 0 Å². The van der Waals surface area contributed by atoms with Gasteiger partial charge in [-0.15, -0.1) is 0 Å². The van der Waals surface area contributed by atoms with Crippen LogP contribution in [-0.2, 0) is 4.79 Å². The van der Waals surface area contributed by atoms with Crippen LogP contribution in [0.5, 0.6) is 0 Å². The molecule has 0 fully saturated rings. The van der Waals surface area contributed by atoms with Crippen molar-refractivity contribution in [3.63, 3.8) is 0 Å². The minimum absolute atomic E-state index is 0.00812. The number of pyridine rings is 1. The lowest BCUT2D eigenvalue weighted by Crippen LogP contribution is -2.30. The highest BCUT2D eigenvalue weighted by atomic mass is 16.2. The fraction of sp³-hybridized carbons (Fsp3) is 0.174. The zero-order valence-corrected chi connectivity index (χ0v) is 16.1. The van der Waals surface area contributed by atoms with Crippen LogP contribution in [0.2, 0.25) is 0 Å². The molecule has 5 heteroatoms. The average Bonchev–Trinajstić information content (AvgIpc) is 2.73. The molecule has 0 unspecified atom stereocenters. The minimum atomic E-state index is -0.240. The first-order valence-electron chi connectivity index (χ1n) is 9.34. The summed E-state index contributed by atoms with van der Waals surface area (Å²) in [5.41, 5.74) is 2.99. The minimum Gasteiger partial charge on any atom is -0.339 e. The van der Waals surface area contributed by atoms with Crippen LogP contribution in [0, 0.1) is 0 Å². The zero-order chi connectivity index (χ0) is 19.9. The first-order valence-corrected chi connectivity index (χ1v) is 9.34. The summed E-state index contributed by atoms with van der Waals surface area (Å²) in [7, 11) is 0. The van der Waals surface area contributed by atoms with Gasteiger partial charge in [0.05, 0.1) is 5.52 Å². The maximum absolute atomic E-state index is 12.3. The third-order valence-electron chi connectivity index (χ3n) is 4.53. The molecule has 0 aliphatic heterocycles. The number of hydrogen-bond acceptors (Lipinski definition) is 3. The quantitative estimate of drug-likeness (QED) is 0.653. The highest BCUT2D eigenvalue weighted by Gasteiger charge is 2.12. The number of hydrogen-bond donors (Lipinski definition) is 1. The van der Waals surface area contributed by atoms with Gasteiger partial charge in [0.2, 0.25) is 5.91 Å². The Labute approximate surface area is 164 Å². The van der Waals surface area contributed by atoms with Gasteiger partial charge in [0, 0.05) is 47.6 Å². The Morgan fingerprint density at radius 2 is 1.71 bits per heavy atom. The van der Waals surface area contributed by atoms with Crippen LogP contribution in [0.3, 0.4) is 0 Å². The summed E-state index contributed by atoms with van der Waals surface area (Å²) in [5, 5.41) is 3.84. The molecule has 0 spiro atoms. The topological polar surface area (TPSA) is 62.3 Å².